The Morgan fingerprint density at radius 1 is 1.24 bits per heavy atom. The molecule has 0 spiro atoms. The van der Waals surface area contributed by atoms with Gasteiger partial charge in [-0.15, -0.1) is 0 Å². The maximum absolute atomic E-state index is 13.8. The standard InChI is InChI=1S/C14H16BrF2NO2S/c15-12-5-11(16)6-13(17)14(12)21(19,20)18-7-10-4-8-1-2-9(10)3-8/h5-6,8-10,18H,1-4,7H2. The Bertz CT molecular complexity index is 642. The highest BCUT2D eigenvalue weighted by molar-refractivity contribution is 9.10. The van der Waals surface area contributed by atoms with E-state index in [1.54, 1.807) is 0 Å². The minimum Gasteiger partial charge on any atom is -0.211 e. The number of benzene rings is 1. The summed E-state index contributed by atoms with van der Waals surface area (Å²) < 4.78 is 53.7. The molecule has 3 unspecified atom stereocenters. The molecular weight excluding hydrogens is 364 g/mol. The van der Waals surface area contributed by atoms with Crippen LogP contribution in [0, 0.1) is 29.4 Å². The average molecular weight is 380 g/mol. The minimum absolute atomic E-state index is 0.0968. The lowest BCUT2D eigenvalue weighted by Crippen LogP contribution is -2.32. The van der Waals surface area contributed by atoms with Gasteiger partial charge in [0.25, 0.3) is 0 Å². The second kappa shape index (κ2) is 5.59. The van der Waals surface area contributed by atoms with Gasteiger partial charge in [0.05, 0.1) is 0 Å². The van der Waals surface area contributed by atoms with E-state index in [4.69, 9.17) is 0 Å². The Labute approximate surface area is 131 Å². The highest BCUT2D eigenvalue weighted by Gasteiger charge is 2.39. The summed E-state index contributed by atoms with van der Waals surface area (Å²) in [5.74, 6) is -0.257. The van der Waals surface area contributed by atoms with Crippen molar-refractivity contribution in [1.29, 1.82) is 0 Å². The van der Waals surface area contributed by atoms with E-state index in [9.17, 15) is 17.2 Å². The fourth-order valence-corrected chi connectivity index (χ4v) is 5.96. The van der Waals surface area contributed by atoms with Gasteiger partial charge in [-0.25, -0.2) is 21.9 Å². The molecule has 0 aromatic heterocycles. The van der Waals surface area contributed by atoms with Crippen LogP contribution in [0.15, 0.2) is 21.5 Å². The normalized spacial score (nSPS) is 28.2. The molecule has 3 rings (SSSR count). The van der Waals surface area contributed by atoms with E-state index in [0.29, 0.717) is 24.4 Å². The van der Waals surface area contributed by atoms with Crippen LogP contribution in [-0.2, 0) is 10.0 Å². The number of halogens is 3. The van der Waals surface area contributed by atoms with Crippen molar-refractivity contribution in [2.45, 2.75) is 30.6 Å². The topological polar surface area (TPSA) is 46.2 Å². The third-order valence-corrected chi connectivity index (χ3v) is 7.04. The molecule has 0 radical (unpaired) electrons. The fourth-order valence-electron chi connectivity index (χ4n) is 3.70. The molecule has 21 heavy (non-hydrogen) atoms. The molecule has 0 saturated heterocycles. The van der Waals surface area contributed by atoms with Crippen LogP contribution in [0.3, 0.4) is 0 Å². The summed E-state index contributed by atoms with van der Waals surface area (Å²) in [5, 5.41) is 0. The Morgan fingerprint density at radius 3 is 2.57 bits per heavy atom. The zero-order valence-corrected chi connectivity index (χ0v) is 13.7. The monoisotopic (exact) mass is 379 g/mol. The van der Waals surface area contributed by atoms with Gasteiger partial charge < -0.3 is 0 Å². The Balaban J connectivity index is 1.75. The molecule has 2 aliphatic carbocycles. The number of rotatable bonds is 4. The van der Waals surface area contributed by atoms with Gasteiger partial charge in [-0.05, 0) is 59.0 Å². The minimum atomic E-state index is -3.98. The average Bonchev–Trinajstić information content (AvgIpc) is 2.96. The Morgan fingerprint density at radius 2 is 2.00 bits per heavy atom. The first kappa shape index (κ1) is 15.4. The second-order valence-corrected chi connectivity index (χ2v) is 8.54. The van der Waals surface area contributed by atoms with Gasteiger partial charge in [0.1, 0.15) is 16.5 Å². The molecule has 3 nitrogen and oxygen atoms in total. The van der Waals surface area contributed by atoms with Crippen LogP contribution in [0.1, 0.15) is 25.7 Å². The van der Waals surface area contributed by atoms with Crippen LogP contribution >= 0.6 is 15.9 Å². The van der Waals surface area contributed by atoms with Crippen molar-refractivity contribution >= 4 is 26.0 Å². The third-order valence-electron chi connectivity index (χ3n) is 4.65. The molecule has 3 atom stereocenters. The van der Waals surface area contributed by atoms with E-state index < -0.39 is 26.6 Å². The number of nitrogens with one attached hydrogen (secondary N) is 1. The summed E-state index contributed by atoms with van der Waals surface area (Å²) in [6.07, 6.45) is 4.62. The van der Waals surface area contributed by atoms with Crippen LogP contribution in [0.25, 0.3) is 0 Å². The van der Waals surface area contributed by atoms with Crippen LogP contribution in [0.2, 0.25) is 0 Å². The molecule has 1 aromatic carbocycles. The van der Waals surface area contributed by atoms with E-state index >= 15 is 0 Å². The van der Waals surface area contributed by atoms with Crippen LogP contribution in [-0.4, -0.2) is 15.0 Å². The number of hydrogen-bond acceptors (Lipinski definition) is 2. The van der Waals surface area contributed by atoms with Gasteiger partial charge in [-0.2, -0.15) is 0 Å². The first-order chi connectivity index (χ1) is 9.87. The molecule has 1 aromatic rings. The molecule has 7 heteroatoms. The molecule has 0 amide bonds. The molecule has 0 aliphatic heterocycles. The molecule has 0 heterocycles. The predicted molar refractivity (Wildman–Crippen MR) is 78.2 cm³/mol. The predicted octanol–water partition coefficient (Wildman–Crippen LogP) is 3.44. The number of hydrogen-bond donors (Lipinski definition) is 1. The molecular formula is C14H16BrF2NO2S. The molecule has 2 aliphatic rings. The maximum Gasteiger partial charge on any atom is 0.244 e. The van der Waals surface area contributed by atoms with Crippen molar-refractivity contribution < 1.29 is 17.2 Å². The fraction of sp³-hybridized carbons (Fsp3) is 0.571. The van der Waals surface area contributed by atoms with E-state index in [1.165, 1.54) is 12.8 Å². The Hall–Kier alpha value is -0.530. The van der Waals surface area contributed by atoms with Gasteiger partial charge in [0, 0.05) is 17.1 Å². The van der Waals surface area contributed by atoms with Crippen molar-refractivity contribution in [3.05, 3.63) is 28.2 Å². The van der Waals surface area contributed by atoms with Crippen molar-refractivity contribution in [3.8, 4) is 0 Å². The lowest BCUT2D eigenvalue weighted by atomic mass is 9.89. The highest BCUT2D eigenvalue weighted by Crippen LogP contribution is 2.48. The van der Waals surface area contributed by atoms with E-state index in [0.717, 1.165) is 24.8 Å². The molecule has 2 saturated carbocycles. The van der Waals surface area contributed by atoms with Gasteiger partial charge in [0.15, 0.2) is 0 Å². The van der Waals surface area contributed by atoms with E-state index in [-0.39, 0.29) is 4.47 Å². The molecule has 1 N–H and O–H groups in total. The lowest BCUT2D eigenvalue weighted by molar-refractivity contribution is 0.332. The quantitative estimate of drug-likeness (QED) is 0.870. The Kier molecular flexibility index (Phi) is 4.09. The third kappa shape index (κ3) is 3.00. The summed E-state index contributed by atoms with van der Waals surface area (Å²) in [6.45, 7) is 0.326. The summed E-state index contributed by atoms with van der Waals surface area (Å²) in [7, 11) is -3.98. The molecule has 116 valence electrons. The molecule has 2 bridgehead atoms. The van der Waals surface area contributed by atoms with Crippen molar-refractivity contribution in [2.75, 3.05) is 6.54 Å². The van der Waals surface area contributed by atoms with Gasteiger partial charge in [0.2, 0.25) is 10.0 Å². The van der Waals surface area contributed by atoms with E-state index in [1.807, 2.05) is 0 Å². The summed E-state index contributed by atoms with van der Waals surface area (Å²) in [5.41, 5.74) is 0. The lowest BCUT2D eigenvalue weighted by Gasteiger charge is -2.22. The SMILES string of the molecule is O=S(=O)(NCC1CC2CCC1C2)c1c(F)cc(F)cc1Br. The van der Waals surface area contributed by atoms with Gasteiger partial charge >= 0.3 is 0 Å². The second-order valence-electron chi connectivity index (χ2n) is 5.99. The first-order valence-corrected chi connectivity index (χ1v) is 9.28. The van der Waals surface area contributed by atoms with Crippen molar-refractivity contribution in [1.82, 2.24) is 4.72 Å². The van der Waals surface area contributed by atoms with Crippen LogP contribution in [0.5, 0.6) is 0 Å². The maximum atomic E-state index is 13.8. The largest absolute Gasteiger partial charge is 0.244 e. The number of sulfonamides is 1. The summed E-state index contributed by atoms with van der Waals surface area (Å²) in [4.78, 5) is -0.521. The van der Waals surface area contributed by atoms with Crippen LogP contribution < -0.4 is 4.72 Å². The number of fused-ring (bicyclic) bond motifs is 2. The smallest absolute Gasteiger partial charge is 0.211 e. The van der Waals surface area contributed by atoms with Gasteiger partial charge in [-0.3, -0.25) is 0 Å². The van der Waals surface area contributed by atoms with Crippen LogP contribution in [0.4, 0.5) is 8.78 Å². The highest BCUT2D eigenvalue weighted by atomic mass is 79.9. The van der Waals surface area contributed by atoms with E-state index in [2.05, 4.69) is 20.7 Å². The first-order valence-electron chi connectivity index (χ1n) is 7.01. The van der Waals surface area contributed by atoms with Crippen molar-refractivity contribution in [3.63, 3.8) is 0 Å². The van der Waals surface area contributed by atoms with Gasteiger partial charge in [-0.1, -0.05) is 6.42 Å². The van der Waals surface area contributed by atoms with Crippen molar-refractivity contribution in [2.24, 2.45) is 17.8 Å². The summed E-state index contributed by atoms with van der Waals surface area (Å²) in [6, 6.07) is 1.53. The zero-order chi connectivity index (χ0) is 15.2. The summed E-state index contributed by atoms with van der Waals surface area (Å²) >= 11 is 2.92. The molecule has 2 fully saturated rings. The zero-order valence-electron chi connectivity index (χ0n) is 11.3.